The minimum absolute atomic E-state index is 0.374. The van der Waals surface area contributed by atoms with Crippen molar-refractivity contribution < 1.29 is 14.3 Å². The minimum Gasteiger partial charge on any atom is -0.435 e. The van der Waals surface area contributed by atoms with Gasteiger partial charge in [0.1, 0.15) is 0 Å². The maximum Gasteiger partial charge on any atom is 0.340 e. The Bertz CT molecular complexity index is 334. The number of hydrogen-bond acceptors (Lipinski definition) is 3. The van der Waals surface area contributed by atoms with Crippen LogP contribution in [0.4, 0.5) is 0 Å². The van der Waals surface area contributed by atoms with Crippen LogP contribution in [0.15, 0.2) is 30.3 Å². The Labute approximate surface area is 86.6 Å². The lowest BCUT2D eigenvalue weighted by molar-refractivity contribution is -0.121. The first kappa shape index (κ1) is 10.7. The van der Waals surface area contributed by atoms with Gasteiger partial charge in [-0.3, -0.25) is 4.79 Å². The Kier molecular flexibility index (Phi) is 3.65. The third kappa shape index (κ3) is 2.85. The molecule has 4 heteroatoms. The van der Waals surface area contributed by atoms with Crippen LogP contribution in [0.1, 0.15) is 17.3 Å². The zero-order chi connectivity index (χ0) is 10.6. The highest BCUT2D eigenvalue weighted by molar-refractivity contribution is 6.30. The quantitative estimate of drug-likeness (QED) is 0.569. The Morgan fingerprint density at radius 2 is 1.86 bits per heavy atom. The SMILES string of the molecule is CC(=O)C(Cl)OC(=O)c1ccccc1. The van der Waals surface area contributed by atoms with Crippen molar-refractivity contribution in [2.75, 3.05) is 0 Å². The zero-order valence-corrected chi connectivity index (χ0v) is 8.32. The van der Waals surface area contributed by atoms with E-state index >= 15 is 0 Å². The van der Waals surface area contributed by atoms with Crippen molar-refractivity contribution in [3.63, 3.8) is 0 Å². The molecule has 14 heavy (non-hydrogen) atoms. The number of benzene rings is 1. The van der Waals surface area contributed by atoms with E-state index < -0.39 is 17.3 Å². The van der Waals surface area contributed by atoms with Gasteiger partial charge in [0.2, 0.25) is 5.56 Å². The summed E-state index contributed by atoms with van der Waals surface area (Å²) in [5.74, 6) is -0.989. The highest BCUT2D eigenvalue weighted by Gasteiger charge is 2.16. The summed E-state index contributed by atoms with van der Waals surface area (Å²) in [5, 5.41) is 0. The molecule has 0 aliphatic rings. The molecule has 1 rings (SSSR count). The molecule has 0 radical (unpaired) electrons. The molecule has 1 aromatic carbocycles. The summed E-state index contributed by atoms with van der Waals surface area (Å²) >= 11 is 5.47. The van der Waals surface area contributed by atoms with E-state index in [1.54, 1.807) is 30.3 Å². The van der Waals surface area contributed by atoms with E-state index in [0.29, 0.717) is 5.56 Å². The number of hydrogen-bond donors (Lipinski definition) is 0. The maximum absolute atomic E-state index is 11.3. The van der Waals surface area contributed by atoms with Crippen LogP contribution in [-0.2, 0) is 9.53 Å². The number of ether oxygens (including phenoxy) is 1. The van der Waals surface area contributed by atoms with Gasteiger partial charge in [0.05, 0.1) is 5.56 Å². The topological polar surface area (TPSA) is 43.4 Å². The van der Waals surface area contributed by atoms with E-state index in [9.17, 15) is 9.59 Å². The van der Waals surface area contributed by atoms with Gasteiger partial charge in [-0.15, -0.1) is 0 Å². The lowest BCUT2D eigenvalue weighted by Crippen LogP contribution is -2.19. The molecule has 0 saturated carbocycles. The third-order valence-electron chi connectivity index (χ3n) is 1.54. The van der Waals surface area contributed by atoms with Crippen molar-refractivity contribution in [2.45, 2.75) is 12.5 Å². The van der Waals surface area contributed by atoms with Crippen molar-refractivity contribution in [1.29, 1.82) is 0 Å². The monoisotopic (exact) mass is 212 g/mol. The van der Waals surface area contributed by atoms with Gasteiger partial charge in [0.15, 0.2) is 5.78 Å². The molecule has 0 bridgehead atoms. The summed E-state index contributed by atoms with van der Waals surface area (Å²) in [6.07, 6.45) is 0. The standard InChI is InChI=1S/C10H9ClO3/c1-7(12)9(11)14-10(13)8-5-3-2-4-6-8/h2-6,9H,1H3. The van der Waals surface area contributed by atoms with Gasteiger partial charge in [-0.2, -0.15) is 0 Å². The molecule has 0 saturated heterocycles. The number of ketones is 1. The lowest BCUT2D eigenvalue weighted by Gasteiger charge is -2.07. The summed E-state index contributed by atoms with van der Waals surface area (Å²) in [4.78, 5) is 22.0. The van der Waals surface area contributed by atoms with E-state index in [1.165, 1.54) is 6.92 Å². The number of halogens is 1. The number of carbonyl (C=O) groups excluding carboxylic acids is 2. The van der Waals surface area contributed by atoms with E-state index in [2.05, 4.69) is 4.74 Å². The second kappa shape index (κ2) is 4.77. The third-order valence-corrected chi connectivity index (χ3v) is 1.94. The highest BCUT2D eigenvalue weighted by Crippen LogP contribution is 2.06. The first-order valence-corrected chi connectivity index (χ1v) is 4.45. The van der Waals surface area contributed by atoms with Gasteiger partial charge in [-0.1, -0.05) is 29.8 Å². The van der Waals surface area contributed by atoms with E-state index in [-0.39, 0.29) is 0 Å². The molecule has 0 amide bonds. The summed E-state index contributed by atoms with van der Waals surface area (Å²) in [5.41, 5.74) is -0.831. The molecular formula is C10H9ClO3. The number of esters is 1. The average molecular weight is 213 g/mol. The predicted octanol–water partition coefficient (Wildman–Crippen LogP) is 2.00. The predicted molar refractivity (Wildman–Crippen MR) is 52.2 cm³/mol. The molecular weight excluding hydrogens is 204 g/mol. The number of rotatable bonds is 3. The van der Waals surface area contributed by atoms with Gasteiger partial charge >= 0.3 is 5.97 Å². The van der Waals surface area contributed by atoms with Gasteiger partial charge < -0.3 is 4.74 Å². The Morgan fingerprint density at radius 3 is 2.36 bits per heavy atom. The molecule has 74 valence electrons. The average Bonchev–Trinajstić information content (AvgIpc) is 2.19. The molecule has 0 N–H and O–H groups in total. The Morgan fingerprint density at radius 1 is 1.29 bits per heavy atom. The second-order valence-electron chi connectivity index (χ2n) is 2.70. The summed E-state index contributed by atoms with van der Waals surface area (Å²) in [7, 11) is 0. The number of alkyl halides is 1. The van der Waals surface area contributed by atoms with Gasteiger partial charge in [0, 0.05) is 0 Å². The minimum atomic E-state index is -1.21. The number of Topliss-reactive ketones (excluding diaryl/α,β-unsaturated/α-hetero) is 1. The van der Waals surface area contributed by atoms with Crippen LogP contribution < -0.4 is 0 Å². The maximum atomic E-state index is 11.3. The molecule has 0 heterocycles. The van der Waals surface area contributed by atoms with E-state index in [4.69, 9.17) is 11.6 Å². The molecule has 3 nitrogen and oxygen atoms in total. The van der Waals surface area contributed by atoms with Crippen LogP contribution in [0.3, 0.4) is 0 Å². The second-order valence-corrected chi connectivity index (χ2v) is 3.09. The molecule has 0 spiro atoms. The lowest BCUT2D eigenvalue weighted by atomic mass is 10.2. The van der Waals surface area contributed by atoms with Crippen molar-refractivity contribution in [3.05, 3.63) is 35.9 Å². The molecule has 1 atom stereocenters. The van der Waals surface area contributed by atoms with Gasteiger partial charge in [-0.05, 0) is 19.1 Å². The molecule has 0 aliphatic carbocycles. The van der Waals surface area contributed by atoms with Crippen molar-refractivity contribution in [1.82, 2.24) is 0 Å². The van der Waals surface area contributed by atoms with Crippen molar-refractivity contribution >= 4 is 23.4 Å². The smallest absolute Gasteiger partial charge is 0.340 e. The van der Waals surface area contributed by atoms with Crippen LogP contribution in [0.5, 0.6) is 0 Å². The Balaban J connectivity index is 2.64. The van der Waals surface area contributed by atoms with Crippen LogP contribution in [-0.4, -0.2) is 17.3 Å². The highest BCUT2D eigenvalue weighted by atomic mass is 35.5. The largest absolute Gasteiger partial charge is 0.435 e. The zero-order valence-electron chi connectivity index (χ0n) is 7.57. The fraction of sp³-hybridized carbons (Fsp3) is 0.200. The number of carbonyl (C=O) groups is 2. The van der Waals surface area contributed by atoms with Crippen LogP contribution in [0.2, 0.25) is 0 Å². The fourth-order valence-electron chi connectivity index (χ4n) is 0.819. The van der Waals surface area contributed by atoms with Crippen molar-refractivity contribution in [3.8, 4) is 0 Å². The van der Waals surface area contributed by atoms with Crippen molar-refractivity contribution in [2.24, 2.45) is 0 Å². The molecule has 1 aromatic rings. The van der Waals surface area contributed by atoms with E-state index in [0.717, 1.165) is 0 Å². The van der Waals surface area contributed by atoms with Crippen LogP contribution in [0.25, 0.3) is 0 Å². The van der Waals surface area contributed by atoms with Crippen LogP contribution >= 0.6 is 11.6 Å². The first-order chi connectivity index (χ1) is 6.61. The molecule has 0 aromatic heterocycles. The van der Waals surface area contributed by atoms with Crippen LogP contribution in [0, 0.1) is 0 Å². The molecule has 1 unspecified atom stereocenters. The van der Waals surface area contributed by atoms with Gasteiger partial charge in [-0.25, -0.2) is 4.79 Å². The normalized spacial score (nSPS) is 11.9. The van der Waals surface area contributed by atoms with E-state index in [1.807, 2.05) is 0 Å². The summed E-state index contributed by atoms with van der Waals surface area (Å²) in [6.45, 7) is 1.26. The van der Waals surface area contributed by atoms with Gasteiger partial charge in [0.25, 0.3) is 0 Å². The fourth-order valence-corrected chi connectivity index (χ4v) is 0.900. The summed E-state index contributed by atoms with van der Waals surface area (Å²) < 4.78 is 4.67. The summed E-state index contributed by atoms with van der Waals surface area (Å²) in [6, 6.07) is 8.36. The Hall–Kier alpha value is -1.35. The first-order valence-electron chi connectivity index (χ1n) is 4.02. The molecule has 0 fully saturated rings. The molecule has 0 aliphatic heterocycles.